The highest BCUT2D eigenvalue weighted by Gasteiger charge is 2.30. The zero-order valence-electron chi connectivity index (χ0n) is 10.4. The molecule has 0 aromatic carbocycles. The van der Waals surface area contributed by atoms with Gasteiger partial charge in [-0.3, -0.25) is 0 Å². The maximum absolute atomic E-state index is 6.20. The third-order valence-electron chi connectivity index (χ3n) is 3.57. The summed E-state index contributed by atoms with van der Waals surface area (Å²) in [4.78, 5) is 13.7. The normalized spacial score (nSPS) is 21.4. The van der Waals surface area contributed by atoms with Crippen LogP contribution < -0.4 is 4.90 Å². The first-order valence-corrected chi connectivity index (χ1v) is 7.48. The van der Waals surface area contributed by atoms with E-state index in [1.165, 1.54) is 12.8 Å². The van der Waals surface area contributed by atoms with Gasteiger partial charge < -0.3 is 9.80 Å². The van der Waals surface area contributed by atoms with Crippen LogP contribution in [0.5, 0.6) is 0 Å². The molecule has 0 radical (unpaired) electrons. The fourth-order valence-corrected chi connectivity index (χ4v) is 2.87. The Morgan fingerprint density at radius 3 is 2.44 bits per heavy atom. The fraction of sp³-hybridized carbons (Fsp3) is 0.667. The first-order valence-electron chi connectivity index (χ1n) is 6.31. The zero-order valence-corrected chi connectivity index (χ0v) is 12.7. The third kappa shape index (κ3) is 2.49. The highest BCUT2D eigenvalue weighted by Crippen LogP contribution is 2.44. The van der Waals surface area contributed by atoms with Crippen molar-refractivity contribution in [3.8, 4) is 0 Å². The van der Waals surface area contributed by atoms with Gasteiger partial charge in [0.05, 0.1) is 10.2 Å². The summed E-state index contributed by atoms with van der Waals surface area (Å²) in [5, 5.41) is 0.542. The molecular weight excluding hydrogens is 316 g/mol. The molecule has 0 N–H and O–H groups in total. The Kier molecular flexibility index (Phi) is 3.47. The minimum Gasteiger partial charge on any atom is -0.338 e. The lowest BCUT2D eigenvalue weighted by atomic mass is 10.3. The summed E-state index contributed by atoms with van der Waals surface area (Å²) in [5.41, 5.74) is 1.09. The molecule has 0 amide bonds. The van der Waals surface area contributed by atoms with Crippen LogP contribution in [0.1, 0.15) is 24.5 Å². The van der Waals surface area contributed by atoms with E-state index in [1.54, 1.807) is 0 Å². The zero-order chi connectivity index (χ0) is 12.7. The van der Waals surface area contributed by atoms with Crippen LogP contribution in [-0.4, -0.2) is 48.1 Å². The van der Waals surface area contributed by atoms with Crippen molar-refractivity contribution in [2.24, 2.45) is 0 Å². The summed E-state index contributed by atoms with van der Waals surface area (Å²) >= 11 is 9.71. The Morgan fingerprint density at radius 2 is 1.83 bits per heavy atom. The Hall–Kier alpha value is -0.390. The minimum atomic E-state index is 0.542. The Labute approximate surface area is 120 Å². The van der Waals surface area contributed by atoms with Crippen LogP contribution in [0.3, 0.4) is 0 Å². The molecule has 2 heterocycles. The second kappa shape index (κ2) is 4.94. The van der Waals surface area contributed by atoms with Crippen molar-refractivity contribution in [1.29, 1.82) is 0 Å². The number of rotatable bonds is 2. The smallest absolute Gasteiger partial charge is 0.227 e. The van der Waals surface area contributed by atoms with Crippen LogP contribution in [0.4, 0.5) is 5.95 Å². The van der Waals surface area contributed by atoms with E-state index in [0.29, 0.717) is 11.1 Å². The van der Waals surface area contributed by atoms with Gasteiger partial charge in [0.2, 0.25) is 5.95 Å². The van der Waals surface area contributed by atoms with Crippen LogP contribution in [0.25, 0.3) is 0 Å². The topological polar surface area (TPSA) is 32.3 Å². The van der Waals surface area contributed by atoms with Crippen molar-refractivity contribution in [2.75, 3.05) is 38.1 Å². The molecule has 6 heteroatoms. The van der Waals surface area contributed by atoms with Gasteiger partial charge in [-0.05, 0) is 35.8 Å². The van der Waals surface area contributed by atoms with Gasteiger partial charge in [0.1, 0.15) is 5.15 Å². The van der Waals surface area contributed by atoms with Gasteiger partial charge >= 0.3 is 0 Å². The predicted octanol–water partition coefficient (Wildman–Crippen LogP) is 2.52. The van der Waals surface area contributed by atoms with Gasteiger partial charge in [0.15, 0.2) is 0 Å². The van der Waals surface area contributed by atoms with E-state index in [-0.39, 0.29) is 0 Å². The fourth-order valence-electron chi connectivity index (χ4n) is 2.20. The van der Waals surface area contributed by atoms with Crippen LogP contribution in [-0.2, 0) is 0 Å². The van der Waals surface area contributed by atoms with Crippen LogP contribution in [0.2, 0.25) is 5.15 Å². The molecule has 0 bridgehead atoms. The third-order valence-corrected chi connectivity index (χ3v) is 4.86. The molecule has 1 aromatic rings. The van der Waals surface area contributed by atoms with Crippen molar-refractivity contribution < 1.29 is 0 Å². The minimum absolute atomic E-state index is 0.542. The second-order valence-corrected chi connectivity index (χ2v) is 6.23. The van der Waals surface area contributed by atoms with Gasteiger partial charge in [0, 0.05) is 32.1 Å². The summed E-state index contributed by atoms with van der Waals surface area (Å²) in [5.74, 6) is 1.37. The standard InChI is InChI=1S/C12H16BrClN4/c1-17-4-6-18(7-5-17)12-15-10(8-2-3-8)9(13)11(14)16-12/h8H,2-7H2,1H3. The average molecular weight is 332 g/mol. The molecule has 1 aromatic heterocycles. The van der Waals surface area contributed by atoms with Crippen LogP contribution in [0, 0.1) is 0 Å². The van der Waals surface area contributed by atoms with E-state index in [4.69, 9.17) is 16.6 Å². The highest BCUT2D eigenvalue weighted by molar-refractivity contribution is 9.10. The number of nitrogens with zero attached hydrogens (tertiary/aromatic N) is 4. The molecule has 1 saturated carbocycles. The van der Waals surface area contributed by atoms with E-state index in [9.17, 15) is 0 Å². The monoisotopic (exact) mass is 330 g/mol. The van der Waals surface area contributed by atoms with Crippen LogP contribution in [0.15, 0.2) is 4.47 Å². The number of anilines is 1. The van der Waals surface area contributed by atoms with E-state index in [2.05, 4.69) is 37.8 Å². The summed E-state index contributed by atoms with van der Waals surface area (Å²) in [7, 11) is 2.14. The molecule has 4 nitrogen and oxygen atoms in total. The summed E-state index contributed by atoms with van der Waals surface area (Å²) in [6.45, 7) is 4.04. The number of halogens is 2. The van der Waals surface area contributed by atoms with E-state index in [1.807, 2.05) is 0 Å². The Balaban J connectivity index is 1.87. The van der Waals surface area contributed by atoms with Crippen LogP contribution >= 0.6 is 27.5 Å². The maximum atomic E-state index is 6.20. The summed E-state index contributed by atoms with van der Waals surface area (Å²) in [6, 6.07) is 0. The quantitative estimate of drug-likeness (QED) is 0.780. The molecule has 2 aliphatic rings. The number of likely N-dealkylation sites (N-methyl/N-ethyl adjacent to an activating group) is 1. The summed E-state index contributed by atoms with van der Waals surface area (Å²) in [6.07, 6.45) is 2.43. The van der Waals surface area contributed by atoms with Crippen molar-refractivity contribution >= 4 is 33.5 Å². The van der Waals surface area contributed by atoms with Gasteiger partial charge in [-0.2, -0.15) is 4.98 Å². The molecule has 18 heavy (non-hydrogen) atoms. The molecule has 0 unspecified atom stereocenters. The van der Waals surface area contributed by atoms with Gasteiger partial charge in [-0.25, -0.2) is 4.98 Å². The largest absolute Gasteiger partial charge is 0.338 e. The van der Waals surface area contributed by atoms with Gasteiger partial charge in [-0.1, -0.05) is 11.6 Å². The predicted molar refractivity (Wildman–Crippen MR) is 76.4 cm³/mol. The van der Waals surface area contributed by atoms with E-state index in [0.717, 1.165) is 42.3 Å². The van der Waals surface area contributed by atoms with Crippen molar-refractivity contribution in [2.45, 2.75) is 18.8 Å². The lowest BCUT2D eigenvalue weighted by Crippen LogP contribution is -2.45. The molecule has 2 fully saturated rings. The lowest BCUT2D eigenvalue weighted by molar-refractivity contribution is 0.311. The van der Waals surface area contributed by atoms with E-state index >= 15 is 0 Å². The Bertz CT molecular complexity index is 456. The van der Waals surface area contributed by atoms with Crippen molar-refractivity contribution in [1.82, 2.24) is 14.9 Å². The molecule has 1 aliphatic heterocycles. The molecule has 0 spiro atoms. The molecule has 3 rings (SSSR count). The highest BCUT2D eigenvalue weighted by atomic mass is 79.9. The van der Waals surface area contributed by atoms with Crippen molar-refractivity contribution in [3.63, 3.8) is 0 Å². The molecule has 1 aliphatic carbocycles. The average Bonchev–Trinajstić information content (AvgIpc) is 3.18. The van der Waals surface area contributed by atoms with Crippen molar-refractivity contribution in [3.05, 3.63) is 15.3 Å². The first-order chi connectivity index (χ1) is 8.65. The van der Waals surface area contributed by atoms with Gasteiger partial charge in [-0.15, -0.1) is 0 Å². The second-order valence-electron chi connectivity index (χ2n) is 5.08. The Morgan fingerprint density at radius 1 is 1.17 bits per heavy atom. The summed E-state index contributed by atoms with van der Waals surface area (Å²) < 4.78 is 0.879. The number of piperazine rings is 1. The number of aromatic nitrogens is 2. The number of hydrogen-bond acceptors (Lipinski definition) is 4. The van der Waals surface area contributed by atoms with E-state index < -0.39 is 0 Å². The molecular formula is C12H16BrClN4. The molecule has 98 valence electrons. The SMILES string of the molecule is CN1CCN(c2nc(Cl)c(Br)c(C3CC3)n2)CC1. The first kappa shape index (κ1) is 12.6. The number of hydrogen-bond donors (Lipinski definition) is 0. The lowest BCUT2D eigenvalue weighted by Gasteiger charge is -2.32. The van der Waals surface area contributed by atoms with Gasteiger partial charge in [0.25, 0.3) is 0 Å². The maximum Gasteiger partial charge on any atom is 0.227 e. The molecule has 0 atom stereocenters. The molecule has 1 saturated heterocycles.